The summed E-state index contributed by atoms with van der Waals surface area (Å²) >= 11 is 0. The van der Waals surface area contributed by atoms with Crippen molar-refractivity contribution in [2.75, 3.05) is 21.4 Å². The Balaban J connectivity index is 1.99. The summed E-state index contributed by atoms with van der Waals surface area (Å²) in [6.07, 6.45) is -4.57. The third kappa shape index (κ3) is 4.63. The van der Waals surface area contributed by atoms with Crippen LogP contribution < -0.4 is 9.80 Å². The number of hydrogen-bond donors (Lipinski definition) is 0. The number of hydrogen-bond acceptors (Lipinski definition) is 4. The number of pyridine rings is 1. The van der Waals surface area contributed by atoms with Crippen molar-refractivity contribution < 1.29 is 26.6 Å². The first-order valence-electron chi connectivity index (χ1n) is 9.23. The lowest BCUT2D eigenvalue weighted by Crippen LogP contribution is -2.50. The first kappa shape index (κ1) is 22.2. The fourth-order valence-electron chi connectivity index (χ4n) is 3.40. The summed E-state index contributed by atoms with van der Waals surface area (Å²) in [4.78, 5) is 20.3. The number of halogens is 4. The molecular formula is C20H21F4N3O2S. The van der Waals surface area contributed by atoms with Crippen LogP contribution in [0.1, 0.15) is 25.1 Å². The van der Waals surface area contributed by atoms with Gasteiger partial charge in [-0.25, -0.2) is 9.37 Å². The molecule has 1 aromatic carbocycles. The van der Waals surface area contributed by atoms with Crippen molar-refractivity contribution in [3.63, 3.8) is 0 Å². The Bertz CT molecular complexity index is 964. The van der Waals surface area contributed by atoms with Crippen LogP contribution in [0.3, 0.4) is 0 Å². The summed E-state index contributed by atoms with van der Waals surface area (Å²) in [5.74, 6) is -1.06. The standard InChI is InChI=1S/C20H21F4N3O2S/c1-12(2)27(16-6-4-15(21)5-7-16)19(28)17-10-30(29)11-26(17)18-9-14(20(22,23)24)8-13(3)25-18/h4-9,12,17H,10-11H2,1-3H3/t17-,30?/m1/s1. The van der Waals surface area contributed by atoms with E-state index in [2.05, 4.69) is 4.98 Å². The number of alkyl halides is 3. The topological polar surface area (TPSA) is 53.5 Å². The first-order valence-corrected chi connectivity index (χ1v) is 10.7. The molecule has 3 rings (SSSR count). The van der Waals surface area contributed by atoms with Gasteiger partial charge in [-0.1, -0.05) is 0 Å². The second kappa shape index (κ2) is 8.33. The highest BCUT2D eigenvalue weighted by atomic mass is 32.2. The van der Waals surface area contributed by atoms with Crippen molar-refractivity contribution in [1.82, 2.24) is 4.98 Å². The van der Waals surface area contributed by atoms with Gasteiger partial charge in [0.05, 0.1) is 17.2 Å². The number of carbonyl (C=O) groups is 1. The van der Waals surface area contributed by atoms with Crippen molar-refractivity contribution in [3.8, 4) is 0 Å². The summed E-state index contributed by atoms with van der Waals surface area (Å²) in [5.41, 5.74) is -0.293. The molecule has 1 aliphatic rings. The van der Waals surface area contributed by atoms with E-state index in [0.29, 0.717) is 5.69 Å². The minimum absolute atomic E-state index is 0.0276. The van der Waals surface area contributed by atoms with Crippen LogP contribution in [0.5, 0.6) is 0 Å². The summed E-state index contributed by atoms with van der Waals surface area (Å²) < 4.78 is 65.3. The molecule has 1 saturated heterocycles. The number of amides is 1. The van der Waals surface area contributed by atoms with Gasteiger partial charge in [-0.3, -0.25) is 9.00 Å². The Hall–Kier alpha value is -2.49. The van der Waals surface area contributed by atoms with Gasteiger partial charge >= 0.3 is 6.18 Å². The molecule has 162 valence electrons. The van der Waals surface area contributed by atoms with Crippen molar-refractivity contribution in [2.45, 2.75) is 39.0 Å². The maximum Gasteiger partial charge on any atom is 0.416 e. The Morgan fingerprint density at radius 3 is 2.43 bits per heavy atom. The van der Waals surface area contributed by atoms with Gasteiger partial charge in [0.25, 0.3) is 5.91 Å². The molecule has 1 aliphatic heterocycles. The molecule has 2 heterocycles. The number of rotatable bonds is 4. The van der Waals surface area contributed by atoms with E-state index in [1.165, 1.54) is 41.0 Å². The van der Waals surface area contributed by atoms with E-state index in [4.69, 9.17) is 0 Å². The van der Waals surface area contributed by atoms with Crippen molar-refractivity contribution in [2.24, 2.45) is 0 Å². The molecule has 2 aromatic rings. The monoisotopic (exact) mass is 443 g/mol. The van der Waals surface area contributed by atoms with Gasteiger partial charge in [0, 0.05) is 28.2 Å². The highest BCUT2D eigenvalue weighted by Crippen LogP contribution is 2.33. The third-order valence-electron chi connectivity index (χ3n) is 4.71. The normalized spacial score (nSPS) is 19.4. The Kier molecular flexibility index (Phi) is 6.16. The summed E-state index contributed by atoms with van der Waals surface area (Å²) in [7, 11) is -1.43. The summed E-state index contributed by atoms with van der Waals surface area (Å²) in [5, 5.41) is 0. The fourth-order valence-corrected chi connectivity index (χ4v) is 4.80. The van der Waals surface area contributed by atoms with Crippen molar-refractivity contribution in [1.29, 1.82) is 0 Å². The van der Waals surface area contributed by atoms with Gasteiger partial charge < -0.3 is 9.80 Å². The van der Waals surface area contributed by atoms with Gasteiger partial charge in [0.15, 0.2) is 0 Å². The molecule has 1 aromatic heterocycles. The van der Waals surface area contributed by atoms with Gasteiger partial charge in [0.2, 0.25) is 0 Å². The van der Waals surface area contributed by atoms with Crippen LogP contribution >= 0.6 is 0 Å². The largest absolute Gasteiger partial charge is 0.416 e. The van der Waals surface area contributed by atoms with Gasteiger partial charge in [-0.05, 0) is 57.2 Å². The van der Waals surface area contributed by atoms with E-state index in [0.717, 1.165) is 12.1 Å². The van der Waals surface area contributed by atoms with Crippen LogP contribution in [0.4, 0.5) is 29.1 Å². The van der Waals surface area contributed by atoms with Gasteiger partial charge in [-0.15, -0.1) is 0 Å². The average molecular weight is 443 g/mol. The van der Waals surface area contributed by atoms with Crippen molar-refractivity contribution in [3.05, 3.63) is 53.5 Å². The molecule has 2 atom stereocenters. The lowest BCUT2D eigenvalue weighted by Gasteiger charge is -2.33. The molecular weight excluding hydrogens is 422 g/mol. The SMILES string of the molecule is Cc1cc(C(F)(F)F)cc(N2CS(=O)C[C@@H]2C(=O)N(c2ccc(F)cc2)C(C)C)n1. The average Bonchev–Trinajstić information content (AvgIpc) is 3.04. The van der Waals surface area contributed by atoms with Crippen LogP contribution in [-0.2, 0) is 21.8 Å². The second-order valence-corrected chi connectivity index (χ2v) is 8.82. The quantitative estimate of drug-likeness (QED) is 0.673. The number of aromatic nitrogens is 1. The number of nitrogens with zero attached hydrogens (tertiary/aromatic N) is 3. The van der Waals surface area contributed by atoms with Crippen LogP contribution in [-0.4, -0.2) is 38.8 Å². The molecule has 0 aliphatic carbocycles. The zero-order chi connectivity index (χ0) is 22.2. The molecule has 0 radical (unpaired) electrons. The number of benzene rings is 1. The third-order valence-corrected chi connectivity index (χ3v) is 5.96. The lowest BCUT2D eigenvalue weighted by molar-refractivity contribution is -0.137. The smallest absolute Gasteiger partial charge is 0.332 e. The predicted molar refractivity (Wildman–Crippen MR) is 107 cm³/mol. The zero-order valence-corrected chi connectivity index (χ0v) is 17.4. The maximum atomic E-state index is 13.4. The van der Waals surface area contributed by atoms with Crippen LogP contribution in [0.25, 0.3) is 0 Å². The zero-order valence-electron chi connectivity index (χ0n) is 16.6. The minimum atomic E-state index is -4.57. The molecule has 10 heteroatoms. The summed E-state index contributed by atoms with van der Waals surface area (Å²) in [6, 6.07) is 5.88. The van der Waals surface area contributed by atoms with Crippen molar-refractivity contribution >= 4 is 28.2 Å². The minimum Gasteiger partial charge on any atom is -0.332 e. The van der Waals surface area contributed by atoms with Gasteiger partial charge in [0.1, 0.15) is 17.7 Å². The molecule has 0 spiro atoms. The van der Waals surface area contributed by atoms with Crippen LogP contribution in [0, 0.1) is 12.7 Å². The van der Waals surface area contributed by atoms with Crippen LogP contribution in [0.2, 0.25) is 0 Å². The second-order valence-electron chi connectivity index (χ2n) is 7.35. The molecule has 0 bridgehead atoms. The molecule has 30 heavy (non-hydrogen) atoms. The Morgan fingerprint density at radius 1 is 1.23 bits per heavy atom. The maximum absolute atomic E-state index is 13.4. The summed E-state index contributed by atoms with van der Waals surface area (Å²) in [6.45, 7) is 4.97. The number of carbonyl (C=O) groups excluding carboxylic acids is 1. The Morgan fingerprint density at radius 2 is 1.87 bits per heavy atom. The van der Waals surface area contributed by atoms with E-state index in [1.54, 1.807) is 13.8 Å². The molecule has 0 N–H and O–H groups in total. The van der Waals surface area contributed by atoms with E-state index in [9.17, 15) is 26.6 Å². The molecule has 5 nitrogen and oxygen atoms in total. The number of aryl methyl sites for hydroxylation is 1. The molecule has 1 fully saturated rings. The first-order chi connectivity index (χ1) is 14.0. The predicted octanol–water partition coefficient (Wildman–Crippen LogP) is 3.88. The molecule has 1 amide bonds. The molecule has 1 unspecified atom stereocenters. The molecule has 0 saturated carbocycles. The van der Waals surface area contributed by atoms with E-state index in [-0.39, 0.29) is 29.2 Å². The highest BCUT2D eigenvalue weighted by Gasteiger charge is 2.40. The highest BCUT2D eigenvalue weighted by molar-refractivity contribution is 7.85. The lowest BCUT2D eigenvalue weighted by atomic mass is 10.1. The van der Waals surface area contributed by atoms with Gasteiger partial charge in [-0.2, -0.15) is 13.2 Å². The Labute approximate surface area is 174 Å². The van der Waals surface area contributed by atoms with Crippen LogP contribution in [0.15, 0.2) is 36.4 Å². The van der Waals surface area contributed by atoms with E-state index < -0.39 is 40.3 Å². The van der Waals surface area contributed by atoms with E-state index >= 15 is 0 Å². The number of anilines is 2. The van der Waals surface area contributed by atoms with E-state index in [1.807, 2.05) is 0 Å². The fraction of sp³-hybridized carbons (Fsp3) is 0.400.